The Bertz CT molecular complexity index is 388. The Morgan fingerprint density at radius 3 is 1.83 bits per heavy atom. The number of carbonyl (C=O) groups excluding carboxylic acids is 3. The maximum atomic E-state index is 12.4. The van der Waals surface area contributed by atoms with Gasteiger partial charge in [0.05, 0.1) is 13.2 Å². The van der Waals surface area contributed by atoms with Crippen LogP contribution in [0.15, 0.2) is 0 Å². The summed E-state index contributed by atoms with van der Waals surface area (Å²) in [6.45, 7) is 5.77. The molecule has 0 rings (SSSR count). The molecule has 2 amide bonds. The van der Waals surface area contributed by atoms with E-state index in [1.165, 1.54) is 7.11 Å². The number of hydrogen-bond donors (Lipinski definition) is 3. The van der Waals surface area contributed by atoms with Gasteiger partial charge in [0.15, 0.2) is 0 Å². The Morgan fingerprint density at radius 1 is 0.870 bits per heavy atom. The first-order valence-electron chi connectivity index (χ1n) is 8.35. The van der Waals surface area contributed by atoms with E-state index in [-0.39, 0.29) is 11.8 Å². The van der Waals surface area contributed by atoms with E-state index in [1.807, 2.05) is 20.8 Å². The minimum Gasteiger partial charge on any atom is -0.467 e. The Labute approximate surface area is 138 Å². The second kappa shape index (κ2) is 11.9. The van der Waals surface area contributed by atoms with E-state index in [1.54, 1.807) is 0 Å². The first-order chi connectivity index (χ1) is 10.9. The molecule has 0 fully saturated rings. The lowest BCUT2D eigenvalue weighted by molar-refractivity contribution is -0.145. The fraction of sp³-hybridized carbons (Fsp3) is 0.812. The number of esters is 1. The molecular formula is C16H31N3O4. The van der Waals surface area contributed by atoms with Gasteiger partial charge in [0.1, 0.15) is 12.1 Å². The van der Waals surface area contributed by atoms with E-state index in [2.05, 4.69) is 10.6 Å². The van der Waals surface area contributed by atoms with Crippen LogP contribution < -0.4 is 16.4 Å². The summed E-state index contributed by atoms with van der Waals surface area (Å²) in [5.74, 6) is -1.21. The smallest absolute Gasteiger partial charge is 0.328 e. The summed E-state index contributed by atoms with van der Waals surface area (Å²) in [7, 11) is 1.28. The lowest BCUT2D eigenvalue weighted by Gasteiger charge is -2.23. The average molecular weight is 329 g/mol. The van der Waals surface area contributed by atoms with Crippen molar-refractivity contribution in [3.05, 3.63) is 0 Å². The molecule has 3 atom stereocenters. The van der Waals surface area contributed by atoms with Crippen molar-refractivity contribution in [1.29, 1.82) is 0 Å². The van der Waals surface area contributed by atoms with Gasteiger partial charge in [0.25, 0.3) is 0 Å². The number of hydrogen-bond acceptors (Lipinski definition) is 5. The standard InChI is InChI=1S/C16H31N3O4/c1-5-8-11(17)14(20)18-12(9-6-2)15(21)19-13(10-7-3)16(22)23-4/h11-13H,5-10,17H2,1-4H3,(H,18,20)(H,19,21)/t11-,12+,13-/m0/s1. The molecule has 0 aliphatic rings. The quantitative estimate of drug-likeness (QED) is 0.487. The molecule has 0 saturated carbocycles. The van der Waals surface area contributed by atoms with Gasteiger partial charge in [-0.05, 0) is 19.3 Å². The van der Waals surface area contributed by atoms with Gasteiger partial charge in [-0.25, -0.2) is 4.79 Å². The third-order valence-electron chi connectivity index (χ3n) is 3.53. The van der Waals surface area contributed by atoms with Crippen LogP contribution in [0.2, 0.25) is 0 Å². The van der Waals surface area contributed by atoms with Crippen LogP contribution in [0.3, 0.4) is 0 Å². The fourth-order valence-electron chi connectivity index (χ4n) is 2.23. The maximum Gasteiger partial charge on any atom is 0.328 e. The second-order valence-corrected chi connectivity index (χ2v) is 5.62. The molecule has 0 spiro atoms. The Kier molecular flexibility index (Phi) is 11.0. The molecule has 0 aliphatic carbocycles. The van der Waals surface area contributed by atoms with Crippen molar-refractivity contribution >= 4 is 17.8 Å². The van der Waals surface area contributed by atoms with Crippen molar-refractivity contribution in [1.82, 2.24) is 10.6 Å². The minimum atomic E-state index is -0.696. The van der Waals surface area contributed by atoms with Gasteiger partial charge in [-0.3, -0.25) is 9.59 Å². The highest BCUT2D eigenvalue weighted by Gasteiger charge is 2.27. The van der Waals surface area contributed by atoms with Crippen molar-refractivity contribution in [2.75, 3.05) is 7.11 Å². The Morgan fingerprint density at radius 2 is 1.35 bits per heavy atom. The predicted octanol–water partition coefficient (Wildman–Crippen LogP) is 0.857. The highest BCUT2D eigenvalue weighted by molar-refractivity contribution is 5.91. The average Bonchev–Trinajstić information content (AvgIpc) is 2.53. The van der Waals surface area contributed by atoms with E-state index in [9.17, 15) is 14.4 Å². The van der Waals surface area contributed by atoms with E-state index in [4.69, 9.17) is 10.5 Å². The van der Waals surface area contributed by atoms with Gasteiger partial charge in [-0.2, -0.15) is 0 Å². The molecule has 0 heterocycles. The van der Waals surface area contributed by atoms with Crippen molar-refractivity contribution in [2.45, 2.75) is 77.4 Å². The Balaban J connectivity index is 4.82. The SMILES string of the molecule is CCC[C@H](NC(=O)[C@@H](CCC)NC(=O)[C@@H](N)CCC)C(=O)OC. The lowest BCUT2D eigenvalue weighted by atomic mass is 10.1. The van der Waals surface area contributed by atoms with Crippen LogP contribution in [0.4, 0.5) is 0 Å². The van der Waals surface area contributed by atoms with Crippen molar-refractivity contribution in [3.8, 4) is 0 Å². The summed E-state index contributed by atoms with van der Waals surface area (Å²) >= 11 is 0. The molecule has 0 saturated heterocycles. The molecule has 0 unspecified atom stereocenters. The Hall–Kier alpha value is -1.63. The molecule has 0 aromatic carbocycles. The van der Waals surface area contributed by atoms with Gasteiger partial charge in [0.2, 0.25) is 11.8 Å². The molecule has 0 radical (unpaired) electrons. The first-order valence-corrected chi connectivity index (χ1v) is 8.35. The van der Waals surface area contributed by atoms with E-state index in [0.29, 0.717) is 19.3 Å². The van der Waals surface area contributed by atoms with Gasteiger partial charge in [-0.15, -0.1) is 0 Å². The van der Waals surface area contributed by atoms with Crippen LogP contribution in [0.25, 0.3) is 0 Å². The van der Waals surface area contributed by atoms with Crippen LogP contribution in [0.5, 0.6) is 0 Å². The molecule has 0 aliphatic heterocycles. The second-order valence-electron chi connectivity index (χ2n) is 5.62. The fourth-order valence-corrected chi connectivity index (χ4v) is 2.23. The maximum absolute atomic E-state index is 12.4. The van der Waals surface area contributed by atoms with E-state index in [0.717, 1.165) is 19.3 Å². The minimum absolute atomic E-state index is 0.342. The molecule has 23 heavy (non-hydrogen) atoms. The lowest BCUT2D eigenvalue weighted by Crippen LogP contribution is -2.54. The molecule has 0 aromatic rings. The van der Waals surface area contributed by atoms with Crippen LogP contribution >= 0.6 is 0 Å². The first kappa shape index (κ1) is 21.4. The van der Waals surface area contributed by atoms with Crippen molar-refractivity contribution < 1.29 is 19.1 Å². The summed E-state index contributed by atoms with van der Waals surface area (Å²) < 4.78 is 4.70. The van der Waals surface area contributed by atoms with Crippen molar-refractivity contribution in [2.24, 2.45) is 5.73 Å². The van der Waals surface area contributed by atoms with Crippen LogP contribution in [-0.4, -0.2) is 43.0 Å². The number of ether oxygens (including phenoxy) is 1. The molecule has 134 valence electrons. The number of nitrogens with one attached hydrogen (secondary N) is 2. The highest BCUT2D eigenvalue weighted by Crippen LogP contribution is 2.04. The monoisotopic (exact) mass is 329 g/mol. The van der Waals surface area contributed by atoms with Crippen LogP contribution in [0, 0.1) is 0 Å². The van der Waals surface area contributed by atoms with Gasteiger partial charge in [0, 0.05) is 0 Å². The van der Waals surface area contributed by atoms with Gasteiger partial charge < -0.3 is 21.1 Å². The van der Waals surface area contributed by atoms with E-state index >= 15 is 0 Å². The molecular weight excluding hydrogens is 298 g/mol. The third kappa shape index (κ3) is 7.97. The molecule has 7 heteroatoms. The van der Waals surface area contributed by atoms with Crippen LogP contribution in [-0.2, 0) is 19.1 Å². The van der Waals surface area contributed by atoms with Crippen molar-refractivity contribution in [3.63, 3.8) is 0 Å². The van der Waals surface area contributed by atoms with E-state index < -0.39 is 24.1 Å². The van der Waals surface area contributed by atoms with Gasteiger partial charge in [-0.1, -0.05) is 40.0 Å². The zero-order chi connectivity index (χ0) is 17.8. The summed E-state index contributed by atoms with van der Waals surface area (Å²) in [5, 5.41) is 5.34. The third-order valence-corrected chi connectivity index (χ3v) is 3.53. The predicted molar refractivity (Wildman–Crippen MR) is 88.6 cm³/mol. The number of nitrogens with two attached hydrogens (primary N) is 1. The highest BCUT2D eigenvalue weighted by atomic mass is 16.5. The topological polar surface area (TPSA) is 111 Å². The molecule has 0 aromatic heterocycles. The summed E-state index contributed by atoms with van der Waals surface area (Å²) in [4.78, 5) is 36.1. The summed E-state index contributed by atoms with van der Waals surface area (Å²) in [5.41, 5.74) is 5.77. The molecule has 7 nitrogen and oxygen atoms in total. The van der Waals surface area contributed by atoms with Gasteiger partial charge >= 0.3 is 5.97 Å². The molecule has 4 N–H and O–H groups in total. The number of methoxy groups -OCH3 is 1. The number of amides is 2. The zero-order valence-electron chi connectivity index (χ0n) is 14.7. The molecule has 0 bridgehead atoms. The summed E-state index contributed by atoms with van der Waals surface area (Å²) in [6, 6.07) is -2.02. The van der Waals surface area contributed by atoms with Crippen LogP contribution in [0.1, 0.15) is 59.3 Å². The number of carbonyl (C=O) groups is 3. The number of rotatable bonds is 11. The zero-order valence-corrected chi connectivity index (χ0v) is 14.7. The largest absolute Gasteiger partial charge is 0.467 e. The normalized spacial score (nSPS) is 14.5. The summed E-state index contributed by atoms with van der Waals surface area (Å²) in [6.07, 6.45) is 3.77.